The molecular weight excluding hydrogens is 220 g/mol. The van der Waals surface area contributed by atoms with Crippen LogP contribution in [-0.2, 0) is 16.1 Å². The number of ether oxygens (including phenoxy) is 1. The number of benzene rings is 1. The molecule has 1 aromatic rings. The molecule has 0 aliphatic rings. The molecule has 92 valence electrons. The van der Waals surface area contributed by atoms with Crippen molar-refractivity contribution in [2.24, 2.45) is 5.73 Å². The van der Waals surface area contributed by atoms with Crippen molar-refractivity contribution < 1.29 is 14.3 Å². The molecule has 1 rings (SSSR count). The summed E-state index contributed by atoms with van der Waals surface area (Å²) in [5.74, 6) is -0.558. The smallest absolute Gasteiger partial charge is 0.302 e. The van der Waals surface area contributed by atoms with E-state index in [-0.39, 0.29) is 18.5 Å². The van der Waals surface area contributed by atoms with Crippen LogP contribution in [0.15, 0.2) is 24.3 Å². The second kappa shape index (κ2) is 6.65. The van der Waals surface area contributed by atoms with E-state index in [1.54, 1.807) is 18.2 Å². The summed E-state index contributed by atoms with van der Waals surface area (Å²) >= 11 is 0. The van der Waals surface area contributed by atoms with Crippen LogP contribution in [0.2, 0.25) is 0 Å². The minimum absolute atomic E-state index is 0.178. The van der Waals surface area contributed by atoms with Gasteiger partial charge in [-0.15, -0.1) is 0 Å². The van der Waals surface area contributed by atoms with Crippen molar-refractivity contribution in [1.29, 1.82) is 0 Å². The van der Waals surface area contributed by atoms with Crippen molar-refractivity contribution >= 4 is 11.9 Å². The van der Waals surface area contributed by atoms with E-state index >= 15 is 0 Å². The van der Waals surface area contributed by atoms with Crippen LogP contribution in [0, 0.1) is 0 Å². The van der Waals surface area contributed by atoms with Gasteiger partial charge in [0.25, 0.3) is 5.91 Å². The van der Waals surface area contributed by atoms with Gasteiger partial charge < -0.3 is 15.8 Å². The molecule has 0 aliphatic heterocycles. The van der Waals surface area contributed by atoms with E-state index in [0.29, 0.717) is 18.7 Å². The van der Waals surface area contributed by atoms with Crippen LogP contribution in [0.25, 0.3) is 0 Å². The van der Waals surface area contributed by atoms with Gasteiger partial charge >= 0.3 is 5.97 Å². The minimum atomic E-state index is -0.357. The molecule has 17 heavy (non-hydrogen) atoms. The molecule has 0 spiro atoms. The lowest BCUT2D eigenvalue weighted by Gasteiger charge is -2.06. The lowest BCUT2D eigenvalue weighted by molar-refractivity contribution is -0.140. The first-order valence-electron chi connectivity index (χ1n) is 5.34. The van der Waals surface area contributed by atoms with Crippen molar-refractivity contribution in [3.05, 3.63) is 35.4 Å². The molecule has 0 fully saturated rings. The maximum atomic E-state index is 11.7. The predicted molar refractivity (Wildman–Crippen MR) is 63.3 cm³/mol. The summed E-state index contributed by atoms with van der Waals surface area (Å²) in [5, 5.41) is 2.65. The monoisotopic (exact) mass is 236 g/mol. The second-order valence-electron chi connectivity index (χ2n) is 3.50. The second-order valence-corrected chi connectivity index (χ2v) is 3.50. The number of esters is 1. The number of carbonyl (C=O) groups excluding carboxylic acids is 2. The first-order chi connectivity index (χ1) is 8.13. The van der Waals surface area contributed by atoms with Gasteiger partial charge in [-0.2, -0.15) is 0 Å². The van der Waals surface area contributed by atoms with Gasteiger partial charge in [-0.05, 0) is 17.7 Å². The number of amides is 1. The summed E-state index contributed by atoms with van der Waals surface area (Å²) in [7, 11) is 0. The van der Waals surface area contributed by atoms with Gasteiger partial charge in [0, 0.05) is 19.0 Å². The van der Waals surface area contributed by atoms with E-state index in [0.717, 1.165) is 5.56 Å². The fourth-order valence-electron chi connectivity index (χ4n) is 1.30. The molecule has 1 amide bonds. The molecule has 0 bridgehead atoms. The zero-order valence-electron chi connectivity index (χ0n) is 9.73. The van der Waals surface area contributed by atoms with Crippen LogP contribution in [0.5, 0.6) is 0 Å². The average Bonchev–Trinajstić information content (AvgIpc) is 2.34. The summed E-state index contributed by atoms with van der Waals surface area (Å²) in [6, 6.07) is 7.08. The third kappa shape index (κ3) is 4.65. The molecule has 0 aliphatic carbocycles. The van der Waals surface area contributed by atoms with Gasteiger partial charge in [-0.3, -0.25) is 9.59 Å². The van der Waals surface area contributed by atoms with Crippen LogP contribution in [0.3, 0.4) is 0 Å². The number of nitrogens with one attached hydrogen (secondary N) is 1. The quantitative estimate of drug-likeness (QED) is 0.574. The molecular formula is C12H16N2O3. The van der Waals surface area contributed by atoms with Crippen LogP contribution in [-0.4, -0.2) is 25.0 Å². The first-order valence-corrected chi connectivity index (χ1v) is 5.34. The summed E-state index contributed by atoms with van der Waals surface area (Å²) < 4.78 is 4.70. The molecule has 3 N–H and O–H groups in total. The zero-order valence-corrected chi connectivity index (χ0v) is 9.73. The van der Waals surface area contributed by atoms with Crippen LogP contribution in [0.1, 0.15) is 22.8 Å². The fraction of sp³-hybridized carbons (Fsp3) is 0.333. The maximum absolute atomic E-state index is 11.7. The van der Waals surface area contributed by atoms with Gasteiger partial charge in [0.1, 0.15) is 6.61 Å². The Morgan fingerprint density at radius 2 is 2.18 bits per heavy atom. The minimum Gasteiger partial charge on any atom is -0.464 e. The summed E-state index contributed by atoms with van der Waals surface area (Å²) in [4.78, 5) is 22.2. The Labute approximate surface area is 99.9 Å². The number of carbonyl (C=O) groups is 2. The van der Waals surface area contributed by atoms with Crippen molar-refractivity contribution in [2.75, 3.05) is 13.2 Å². The highest BCUT2D eigenvalue weighted by molar-refractivity contribution is 5.94. The Balaban J connectivity index is 2.43. The SMILES string of the molecule is CC(=O)OCCNC(=O)c1cccc(CN)c1. The highest BCUT2D eigenvalue weighted by atomic mass is 16.5. The molecule has 0 saturated carbocycles. The van der Waals surface area contributed by atoms with E-state index in [1.807, 2.05) is 6.07 Å². The lowest BCUT2D eigenvalue weighted by Crippen LogP contribution is -2.27. The molecule has 5 nitrogen and oxygen atoms in total. The largest absolute Gasteiger partial charge is 0.464 e. The van der Waals surface area contributed by atoms with E-state index < -0.39 is 0 Å². The van der Waals surface area contributed by atoms with Gasteiger partial charge in [-0.1, -0.05) is 12.1 Å². The Bertz CT molecular complexity index is 404. The van der Waals surface area contributed by atoms with Gasteiger partial charge in [0.15, 0.2) is 0 Å². The highest BCUT2D eigenvalue weighted by Gasteiger charge is 2.05. The van der Waals surface area contributed by atoms with Crippen LogP contribution in [0.4, 0.5) is 0 Å². The molecule has 0 aromatic heterocycles. The molecule has 0 unspecified atom stereocenters. The van der Waals surface area contributed by atoms with Gasteiger partial charge in [0.05, 0.1) is 6.54 Å². The number of hydrogen-bond donors (Lipinski definition) is 2. The Morgan fingerprint density at radius 1 is 1.41 bits per heavy atom. The van der Waals surface area contributed by atoms with E-state index in [2.05, 4.69) is 5.32 Å². The molecule has 1 aromatic carbocycles. The van der Waals surface area contributed by atoms with Crippen molar-refractivity contribution in [1.82, 2.24) is 5.32 Å². The van der Waals surface area contributed by atoms with E-state index in [9.17, 15) is 9.59 Å². The number of rotatable bonds is 5. The molecule has 0 saturated heterocycles. The van der Waals surface area contributed by atoms with Crippen molar-refractivity contribution in [3.8, 4) is 0 Å². The van der Waals surface area contributed by atoms with Crippen LogP contribution < -0.4 is 11.1 Å². The fourth-order valence-corrected chi connectivity index (χ4v) is 1.30. The zero-order chi connectivity index (χ0) is 12.7. The molecule has 0 atom stereocenters. The molecule has 0 radical (unpaired) electrons. The lowest BCUT2D eigenvalue weighted by atomic mass is 10.1. The molecule has 5 heteroatoms. The number of hydrogen-bond acceptors (Lipinski definition) is 4. The predicted octanol–water partition coefficient (Wildman–Crippen LogP) is 0.438. The Hall–Kier alpha value is -1.88. The first kappa shape index (κ1) is 13.2. The van der Waals surface area contributed by atoms with Crippen LogP contribution >= 0.6 is 0 Å². The normalized spacial score (nSPS) is 9.76. The average molecular weight is 236 g/mol. The topological polar surface area (TPSA) is 81.4 Å². The third-order valence-electron chi connectivity index (χ3n) is 2.12. The molecule has 0 heterocycles. The van der Waals surface area contributed by atoms with Gasteiger partial charge in [0.2, 0.25) is 0 Å². The van der Waals surface area contributed by atoms with Crippen molar-refractivity contribution in [2.45, 2.75) is 13.5 Å². The van der Waals surface area contributed by atoms with E-state index in [1.165, 1.54) is 6.92 Å². The van der Waals surface area contributed by atoms with Crippen molar-refractivity contribution in [3.63, 3.8) is 0 Å². The Morgan fingerprint density at radius 3 is 2.82 bits per heavy atom. The highest BCUT2D eigenvalue weighted by Crippen LogP contribution is 2.04. The standard InChI is InChI=1S/C12H16N2O3/c1-9(15)17-6-5-14-12(16)11-4-2-3-10(7-11)8-13/h2-4,7H,5-6,8,13H2,1H3,(H,14,16). The summed E-state index contributed by atoms with van der Waals surface area (Å²) in [6.07, 6.45) is 0. The summed E-state index contributed by atoms with van der Waals surface area (Å²) in [5.41, 5.74) is 6.94. The van der Waals surface area contributed by atoms with Gasteiger partial charge in [-0.25, -0.2) is 0 Å². The maximum Gasteiger partial charge on any atom is 0.302 e. The summed E-state index contributed by atoms with van der Waals surface area (Å²) in [6.45, 7) is 2.20. The third-order valence-corrected chi connectivity index (χ3v) is 2.12. The Kier molecular flexibility index (Phi) is 5.16. The van der Waals surface area contributed by atoms with E-state index in [4.69, 9.17) is 10.5 Å². The number of nitrogens with two attached hydrogens (primary N) is 1.